The topological polar surface area (TPSA) is 42.8 Å². The number of carbonyl (C=O) groups excluding carboxylic acids is 1. The summed E-state index contributed by atoms with van der Waals surface area (Å²) in [6.07, 6.45) is 2.46. The predicted molar refractivity (Wildman–Crippen MR) is 103 cm³/mol. The number of nitrogens with one attached hydrogen (secondary N) is 2. The van der Waals surface area contributed by atoms with E-state index in [0.29, 0.717) is 11.6 Å². The Balaban J connectivity index is 1.63. The molecule has 2 N–H and O–H groups in total. The Hall–Kier alpha value is -1.40. The zero-order chi connectivity index (χ0) is 17.6. The smallest absolute Gasteiger partial charge is 0.279 e. The van der Waals surface area contributed by atoms with E-state index in [1.165, 1.54) is 9.78 Å². The standard InChI is InChI=1S/C19H23ClN2O2S/c1-14-17(20)7-2-8-18(14)21-19(23)13-22(11-15-5-3-9-24-15)12-16-6-4-10-25-16/h2,4,6-8,10,15H,3,5,9,11-13H2,1H3,(H,21,23)/p+1/t15-/m1/s1. The molecule has 0 saturated carbocycles. The van der Waals surface area contributed by atoms with Crippen molar-refractivity contribution in [2.45, 2.75) is 32.4 Å². The Kier molecular flexibility index (Phi) is 6.48. The van der Waals surface area contributed by atoms with E-state index in [1.54, 1.807) is 11.3 Å². The van der Waals surface area contributed by atoms with Gasteiger partial charge in [-0.25, -0.2) is 0 Å². The fourth-order valence-electron chi connectivity index (χ4n) is 3.16. The van der Waals surface area contributed by atoms with Crippen molar-refractivity contribution in [3.8, 4) is 0 Å². The van der Waals surface area contributed by atoms with E-state index in [9.17, 15) is 4.79 Å². The van der Waals surface area contributed by atoms with Gasteiger partial charge in [0.05, 0.1) is 4.88 Å². The minimum absolute atomic E-state index is 0.00918. The van der Waals surface area contributed by atoms with Crippen molar-refractivity contribution >= 4 is 34.5 Å². The summed E-state index contributed by atoms with van der Waals surface area (Å²) in [5, 5.41) is 5.75. The largest absolute Gasteiger partial charge is 0.372 e. The molecule has 0 aliphatic carbocycles. The van der Waals surface area contributed by atoms with Crippen LogP contribution >= 0.6 is 22.9 Å². The summed E-state index contributed by atoms with van der Waals surface area (Å²) in [5.74, 6) is 0.00918. The molecule has 3 rings (SSSR count). The van der Waals surface area contributed by atoms with Gasteiger partial charge in [0.2, 0.25) is 0 Å². The molecule has 0 radical (unpaired) electrons. The van der Waals surface area contributed by atoms with Crippen molar-refractivity contribution in [3.63, 3.8) is 0 Å². The number of quaternary nitrogens is 1. The number of halogens is 1. The van der Waals surface area contributed by atoms with Gasteiger partial charge in [0.1, 0.15) is 19.2 Å². The highest BCUT2D eigenvalue weighted by molar-refractivity contribution is 7.09. The normalized spacial score (nSPS) is 18.2. The first-order valence-corrected chi connectivity index (χ1v) is 9.90. The lowest BCUT2D eigenvalue weighted by Crippen LogP contribution is -3.12. The summed E-state index contributed by atoms with van der Waals surface area (Å²) in [4.78, 5) is 15.1. The summed E-state index contributed by atoms with van der Waals surface area (Å²) >= 11 is 7.87. The molecule has 0 spiro atoms. The first kappa shape index (κ1) is 18.4. The van der Waals surface area contributed by atoms with Crippen LogP contribution in [0.25, 0.3) is 0 Å². The van der Waals surface area contributed by atoms with Crippen LogP contribution in [-0.4, -0.2) is 31.7 Å². The van der Waals surface area contributed by atoms with Gasteiger partial charge in [-0.05, 0) is 48.9 Å². The van der Waals surface area contributed by atoms with Gasteiger partial charge in [0.15, 0.2) is 6.54 Å². The van der Waals surface area contributed by atoms with Crippen LogP contribution in [0.15, 0.2) is 35.7 Å². The maximum atomic E-state index is 12.6. The third-order valence-electron chi connectivity index (χ3n) is 4.50. The molecule has 2 heterocycles. The molecule has 6 heteroatoms. The predicted octanol–water partition coefficient (Wildman–Crippen LogP) is 2.91. The van der Waals surface area contributed by atoms with E-state index in [4.69, 9.17) is 16.3 Å². The average molecular weight is 380 g/mol. The maximum Gasteiger partial charge on any atom is 0.279 e. The van der Waals surface area contributed by atoms with Crippen LogP contribution in [0.2, 0.25) is 5.02 Å². The minimum Gasteiger partial charge on any atom is -0.372 e. The van der Waals surface area contributed by atoms with Crippen molar-refractivity contribution in [1.82, 2.24) is 0 Å². The third-order valence-corrected chi connectivity index (χ3v) is 5.78. The molecular weight excluding hydrogens is 356 g/mol. The Morgan fingerprint density at radius 3 is 3.00 bits per heavy atom. The molecule has 1 aliphatic heterocycles. The van der Waals surface area contributed by atoms with Gasteiger partial charge < -0.3 is 15.0 Å². The molecule has 1 saturated heterocycles. The number of hydrogen-bond donors (Lipinski definition) is 2. The quantitative estimate of drug-likeness (QED) is 0.776. The molecule has 1 amide bonds. The molecule has 1 aliphatic rings. The van der Waals surface area contributed by atoms with Crippen molar-refractivity contribution < 1.29 is 14.4 Å². The number of anilines is 1. The summed E-state index contributed by atoms with van der Waals surface area (Å²) in [7, 11) is 0. The fourth-order valence-corrected chi connectivity index (χ4v) is 4.11. The van der Waals surface area contributed by atoms with Gasteiger partial charge in [-0.1, -0.05) is 23.7 Å². The molecule has 1 aromatic carbocycles. The summed E-state index contributed by atoms with van der Waals surface area (Å²) in [5.41, 5.74) is 1.68. The zero-order valence-corrected chi connectivity index (χ0v) is 16.0. The molecule has 1 unspecified atom stereocenters. The number of thiophene rings is 1. The van der Waals surface area contributed by atoms with Gasteiger partial charge in [0, 0.05) is 17.3 Å². The van der Waals surface area contributed by atoms with Crippen LogP contribution in [0.3, 0.4) is 0 Å². The second-order valence-corrected chi connectivity index (χ2v) is 7.92. The highest BCUT2D eigenvalue weighted by atomic mass is 35.5. The molecule has 134 valence electrons. The molecule has 1 fully saturated rings. The highest BCUT2D eigenvalue weighted by Gasteiger charge is 2.24. The van der Waals surface area contributed by atoms with Gasteiger partial charge in [-0.3, -0.25) is 4.79 Å². The first-order valence-electron chi connectivity index (χ1n) is 8.64. The third kappa shape index (κ3) is 5.28. The summed E-state index contributed by atoms with van der Waals surface area (Å²) < 4.78 is 5.77. The van der Waals surface area contributed by atoms with E-state index >= 15 is 0 Å². The molecule has 1 aromatic heterocycles. The van der Waals surface area contributed by atoms with E-state index in [0.717, 1.165) is 43.8 Å². The molecule has 4 nitrogen and oxygen atoms in total. The Morgan fingerprint density at radius 2 is 2.28 bits per heavy atom. The lowest BCUT2D eigenvalue weighted by atomic mass is 10.2. The second-order valence-electron chi connectivity index (χ2n) is 6.48. The molecule has 25 heavy (non-hydrogen) atoms. The second kappa shape index (κ2) is 8.81. The molecule has 2 aromatic rings. The van der Waals surface area contributed by atoms with Crippen LogP contribution in [0.5, 0.6) is 0 Å². The van der Waals surface area contributed by atoms with Crippen molar-refractivity contribution in [2.75, 3.05) is 25.0 Å². The Labute approximate surface area is 157 Å². The lowest BCUT2D eigenvalue weighted by molar-refractivity contribution is -0.908. The molecule has 2 atom stereocenters. The molecule has 0 bridgehead atoms. The van der Waals surface area contributed by atoms with E-state index in [2.05, 4.69) is 22.8 Å². The van der Waals surface area contributed by atoms with E-state index < -0.39 is 0 Å². The summed E-state index contributed by atoms with van der Waals surface area (Å²) in [6, 6.07) is 9.75. The van der Waals surface area contributed by atoms with Crippen molar-refractivity contribution in [1.29, 1.82) is 0 Å². The fraction of sp³-hybridized carbons (Fsp3) is 0.421. The van der Waals surface area contributed by atoms with Gasteiger partial charge in [-0.15, -0.1) is 11.3 Å². The number of rotatable bonds is 7. The van der Waals surface area contributed by atoms with Crippen LogP contribution in [0.4, 0.5) is 5.69 Å². The molecular formula is C19H24ClN2O2S+. The average Bonchev–Trinajstić information content (AvgIpc) is 3.26. The SMILES string of the molecule is Cc1c(Cl)cccc1NC(=O)C[NH+](Cc1cccs1)C[C@H]1CCCO1. The number of carbonyl (C=O) groups is 1. The van der Waals surface area contributed by atoms with Crippen molar-refractivity contribution in [3.05, 3.63) is 51.2 Å². The Morgan fingerprint density at radius 1 is 1.40 bits per heavy atom. The van der Waals surface area contributed by atoms with Gasteiger partial charge >= 0.3 is 0 Å². The van der Waals surface area contributed by atoms with Crippen LogP contribution < -0.4 is 10.2 Å². The van der Waals surface area contributed by atoms with Gasteiger partial charge in [-0.2, -0.15) is 0 Å². The highest BCUT2D eigenvalue weighted by Crippen LogP contribution is 2.22. The number of benzene rings is 1. The number of amides is 1. The first-order chi connectivity index (χ1) is 12.1. The van der Waals surface area contributed by atoms with Gasteiger partial charge in [0.25, 0.3) is 5.91 Å². The monoisotopic (exact) mass is 379 g/mol. The summed E-state index contributed by atoms with van der Waals surface area (Å²) in [6.45, 7) is 4.88. The maximum absolute atomic E-state index is 12.6. The number of ether oxygens (including phenoxy) is 1. The van der Waals surface area contributed by atoms with Crippen LogP contribution in [0.1, 0.15) is 23.3 Å². The van der Waals surface area contributed by atoms with E-state index in [1.807, 2.05) is 25.1 Å². The lowest BCUT2D eigenvalue weighted by Gasteiger charge is -2.21. The van der Waals surface area contributed by atoms with Crippen LogP contribution in [-0.2, 0) is 16.1 Å². The van der Waals surface area contributed by atoms with Crippen molar-refractivity contribution in [2.24, 2.45) is 0 Å². The number of hydrogen-bond acceptors (Lipinski definition) is 3. The minimum atomic E-state index is 0.00918. The Bertz CT molecular complexity index is 699. The van der Waals surface area contributed by atoms with E-state index in [-0.39, 0.29) is 12.0 Å². The van der Waals surface area contributed by atoms with Crippen LogP contribution in [0, 0.1) is 6.92 Å². The zero-order valence-electron chi connectivity index (χ0n) is 14.4.